The van der Waals surface area contributed by atoms with E-state index in [9.17, 15) is 14.4 Å². The van der Waals surface area contributed by atoms with Crippen LogP contribution >= 0.6 is 0 Å². The first-order chi connectivity index (χ1) is 9.54. The number of aliphatic carboxylic acids is 3. The van der Waals surface area contributed by atoms with Gasteiger partial charge in [0.2, 0.25) is 0 Å². The molecule has 0 bridgehead atoms. The zero-order valence-corrected chi connectivity index (χ0v) is 13.4. The van der Waals surface area contributed by atoms with Crippen LogP contribution in [-0.2, 0) is 48.5 Å². The quantitative estimate of drug-likeness (QED) is 0.147. The summed E-state index contributed by atoms with van der Waals surface area (Å²) in [4.78, 5) is 29.2. The first kappa shape index (κ1) is 29.9. The summed E-state index contributed by atoms with van der Waals surface area (Å²) in [6.45, 7) is -0.843. The second kappa shape index (κ2) is 15.9. The molecular formula is C10H16Fe2O11. The van der Waals surface area contributed by atoms with Crippen molar-refractivity contribution in [3.05, 3.63) is 12.2 Å². The van der Waals surface area contributed by atoms with Gasteiger partial charge in [-0.1, -0.05) is 0 Å². The van der Waals surface area contributed by atoms with Gasteiger partial charge in [0.25, 0.3) is 0 Å². The van der Waals surface area contributed by atoms with Gasteiger partial charge in [0.05, 0.1) is 6.61 Å². The molecule has 4 atom stereocenters. The molecule has 23 heavy (non-hydrogen) atoms. The van der Waals surface area contributed by atoms with Crippen LogP contribution in [-0.4, -0.2) is 89.8 Å². The van der Waals surface area contributed by atoms with Crippen LogP contribution in [0.5, 0.6) is 0 Å². The van der Waals surface area contributed by atoms with Gasteiger partial charge >= 0.3 is 17.9 Å². The van der Waals surface area contributed by atoms with Crippen LogP contribution < -0.4 is 0 Å². The molecule has 0 aromatic rings. The van der Waals surface area contributed by atoms with Gasteiger partial charge in [0.1, 0.15) is 18.3 Å². The molecule has 0 rings (SSSR count). The van der Waals surface area contributed by atoms with Crippen LogP contribution in [0.25, 0.3) is 0 Å². The Morgan fingerprint density at radius 3 is 1.35 bits per heavy atom. The molecule has 0 fully saturated rings. The van der Waals surface area contributed by atoms with Crippen LogP contribution in [0.15, 0.2) is 12.2 Å². The fourth-order valence-electron chi connectivity index (χ4n) is 0.811. The molecule has 0 aliphatic heterocycles. The van der Waals surface area contributed by atoms with Gasteiger partial charge in [-0.2, -0.15) is 0 Å². The number of aliphatic hydroxyl groups is 5. The van der Waals surface area contributed by atoms with E-state index in [4.69, 9.17) is 40.9 Å². The molecule has 0 saturated heterocycles. The molecule has 0 saturated carbocycles. The zero-order valence-electron chi connectivity index (χ0n) is 11.2. The Balaban J connectivity index is -0.000000158. The van der Waals surface area contributed by atoms with Crippen molar-refractivity contribution >= 4 is 17.9 Å². The zero-order chi connectivity index (χ0) is 17.2. The van der Waals surface area contributed by atoms with Crippen molar-refractivity contribution in [1.82, 2.24) is 0 Å². The Morgan fingerprint density at radius 1 is 0.783 bits per heavy atom. The van der Waals surface area contributed by atoms with Gasteiger partial charge in [0, 0.05) is 46.3 Å². The topological polar surface area (TPSA) is 213 Å². The molecule has 13 heteroatoms. The van der Waals surface area contributed by atoms with Gasteiger partial charge in [-0.3, -0.25) is 0 Å². The Morgan fingerprint density at radius 2 is 1.13 bits per heavy atom. The predicted molar refractivity (Wildman–Crippen MR) is 63.2 cm³/mol. The number of hydrogen-bond acceptors (Lipinski definition) is 8. The van der Waals surface area contributed by atoms with E-state index in [0.29, 0.717) is 12.2 Å². The minimum atomic E-state index is -2.20. The molecule has 0 radical (unpaired) electrons. The minimum absolute atomic E-state index is 0. The molecule has 0 spiro atoms. The van der Waals surface area contributed by atoms with E-state index in [1.807, 2.05) is 0 Å². The fourth-order valence-corrected chi connectivity index (χ4v) is 0.811. The van der Waals surface area contributed by atoms with E-state index in [2.05, 4.69) is 0 Å². The average Bonchev–Trinajstić information content (AvgIpc) is 2.42. The summed E-state index contributed by atoms with van der Waals surface area (Å²) in [5, 5.41) is 67.4. The van der Waals surface area contributed by atoms with Crippen LogP contribution in [0.4, 0.5) is 0 Å². The van der Waals surface area contributed by atoms with E-state index in [-0.39, 0.29) is 34.1 Å². The fraction of sp³-hybridized carbons (Fsp3) is 0.500. The van der Waals surface area contributed by atoms with Crippen molar-refractivity contribution in [2.45, 2.75) is 24.4 Å². The average molecular weight is 424 g/mol. The number of aliphatic hydroxyl groups excluding tert-OH is 5. The molecule has 8 N–H and O–H groups in total. The van der Waals surface area contributed by atoms with Crippen molar-refractivity contribution in [2.75, 3.05) is 6.61 Å². The number of rotatable bonds is 7. The van der Waals surface area contributed by atoms with Crippen LogP contribution in [0.3, 0.4) is 0 Å². The molecule has 0 aliphatic rings. The number of carboxylic acid groups (broad SMARTS) is 3. The maximum atomic E-state index is 10.1. The summed E-state index contributed by atoms with van der Waals surface area (Å²) in [6, 6.07) is 0. The summed E-state index contributed by atoms with van der Waals surface area (Å²) >= 11 is 0. The molecule has 0 amide bonds. The monoisotopic (exact) mass is 424 g/mol. The van der Waals surface area contributed by atoms with Crippen LogP contribution in [0.2, 0.25) is 0 Å². The van der Waals surface area contributed by atoms with Crippen molar-refractivity contribution in [3.8, 4) is 0 Å². The molecule has 0 aromatic heterocycles. The molecule has 0 aromatic carbocycles. The van der Waals surface area contributed by atoms with Gasteiger partial charge < -0.3 is 40.9 Å². The Bertz CT molecular complexity index is 371. The van der Waals surface area contributed by atoms with Gasteiger partial charge in [-0.05, 0) is 0 Å². The van der Waals surface area contributed by atoms with Crippen LogP contribution in [0.1, 0.15) is 0 Å². The summed E-state index contributed by atoms with van der Waals surface area (Å²) in [6.07, 6.45) is -6.72. The third kappa shape index (κ3) is 15.7. The largest absolute Gasteiger partial charge is 0.479 e. The van der Waals surface area contributed by atoms with Gasteiger partial charge in [-0.15, -0.1) is 0 Å². The van der Waals surface area contributed by atoms with Gasteiger partial charge in [-0.25, -0.2) is 14.4 Å². The van der Waals surface area contributed by atoms with E-state index in [1.54, 1.807) is 0 Å². The number of carboxylic acids is 3. The summed E-state index contributed by atoms with van der Waals surface area (Å²) < 4.78 is 0. The maximum Gasteiger partial charge on any atom is 0.335 e. The van der Waals surface area contributed by atoms with E-state index >= 15 is 0 Å². The Labute approximate surface area is 150 Å². The second-order valence-electron chi connectivity index (χ2n) is 3.52. The first-order valence-corrected chi connectivity index (χ1v) is 5.24. The number of hydrogen-bond donors (Lipinski definition) is 8. The molecule has 138 valence electrons. The Kier molecular flexibility index (Phi) is 20.7. The third-order valence-corrected chi connectivity index (χ3v) is 1.88. The molecule has 0 heterocycles. The summed E-state index contributed by atoms with van der Waals surface area (Å²) in [7, 11) is 0. The predicted octanol–water partition coefficient (Wildman–Crippen LogP) is -3.79. The maximum absolute atomic E-state index is 10.1. The summed E-state index contributed by atoms with van der Waals surface area (Å²) in [5.41, 5.74) is 0. The second-order valence-corrected chi connectivity index (χ2v) is 3.52. The van der Waals surface area contributed by atoms with Crippen molar-refractivity contribution in [2.24, 2.45) is 0 Å². The van der Waals surface area contributed by atoms with Crippen molar-refractivity contribution in [1.29, 1.82) is 0 Å². The minimum Gasteiger partial charge on any atom is -0.479 e. The smallest absolute Gasteiger partial charge is 0.335 e. The molecule has 0 unspecified atom stereocenters. The standard InChI is InChI=1S/C6H12O7.C4H4O4.2Fe/c7-1-2(8)3(9)4(10)5(11)6(12)13;5-3(6)1-2-4(7)8;;/h2-5,7-11H,1H2,(H,12,13);1-2H,(H,5,6)(H,7,8);;/b;2-1+;;/t2-,3-,4+,5-;;;/m1.../s1. The van der Waals surface area contributed by atoms with Crippen molar-refractivity contribution in [3.63, 3.8) is 0 Å². The normalized spacial score (nSPS) is 14.8. The molecular weight excluding hydrogens is 408 g/mol. The van der Waals surface area contributed by atoms with Crippen LogP contribution in [0, 0.1) is 0 Å². The van der Waals surface area contributed by atoms with E-state index in [0.717, 1.165) is 0 Å². The third-order valence-electron chi connectivity index (χ3n) is 1.88. The van der Waals surface area contributed by atoms with E-state index < -0.39 is 48.9 Å². The molecule has 0 aliphatic carbocycles. The Hall–Kier alpha value is -1.01. The van der Waals surface area contributed by atoms with Gasteiger partial charge in [0.15, 0.2) is 6.10 Å². The molecule has 11 nitrogen and oxygen atoms in total. The van der Waals surface area contributed by atoms with E-state index in [1.165, 1.54) is 0 Å². The number of carbonyl (C=O) groups is 3. The van der Waals surface area contributed by atoms with Crippen molar-refractivity contribution < 1.29 is 89.4 Å². The first-order valence-electron chi connectivity index (χ1n) is 5.24. The SMILES string of the molecule is O=C(O)/C=C/C(=O)O.O=C(O)[C@H](O)[C@@H](O)[C@H](O)[C@H](O)CO.[Fe].[Fe]. The summed E-state index contributed by atoms with van der Waals surface area (Å²) in [5.74, 6) is -4.24.